The van der Waals surface area contributed by atoms with Gasteiger partial charge in [-0.2, -0.15) is 0 Å². The van der Waals surface area contributed by atoms with E-state index in [1.54, 1.807) is 24.3 Å². The molecular weight excluding hydrogens is 268 g/mol. The molecule has 0 aliphatic carbocycles. The third-order valence-electron chi connectivity index (χ3n) is 2.56. The van der Waals surface area contributed by atoms with Gasteiger partial charge in [-0.25, -0.2) is 8.78 Å². The zero-order valence-corrected chi connectivity index (χ0v) is 11.0. The van der Waals surface area contributed by atoms with Crippen LogP contribution in [-0.2, 0) is 4.79 Å². The zero-order chi connectivity index (χ0) is 14.0. The molecule has 0 aromatic heterocycles. The van der Waals surface area contributed by atoms with Crippen molar-refractivity contribution < 1.29 is 13.6 Å². The average molecular weight is 279 g/mol. The Kier molecular flexibility index (Phi) is 3.85. The Labute approximate surface area is 114 Å². The first-order chi connectivity index (χ1) is 8.99. The summed E-state index contributed by atoms with van der Waals surface area (Å²) in [6, 6.07) is 8.90. The molecule has 0 aliphatic heterocycles. The minimum atomic E-state index is -0.812. The van der Waals surface area contributed by atoms with E-state index in [1.165, 1.54) is 13.0 Å². The van der Waals surface area contributed by atoms with E-state index >= 15 is 0 Å². The second kappa shape index (κ2) is 5.40. The van der Waals surface area contributed by atoms with E-state index in [4.69, 9.17) is 0 Å². The number of hydrogen-bond donors (Lipinski definition) is 2. The molecule has 19 heavy (non-hydrogen) atoms. The van der Waals surface area contributed by atoms with Crippen LogP contribution in [0.5, 0.6) is 0 Å². The lowest BCUT2D eigenvalue weighted by Gasteiger charge is -2.10. The Morgan fingerprint density at radius 1 is 1.11 bits per heavy atom. The van der Waals surface area contributed by atoms with Crippen LogP contribution in [0.15, 0.2) is 41.3 Å². The monoisotopic (exact) mass is 279 g/mol. The summed E-state index contributed by atoms with van der Waals surface area (Å²) in [5.41, 5.74) is 0.672. The molecule has 1 amide bonds. The van der Waals surface area contributed by atoms with E-state index in [0.29, 0.717) is 10.5 Å². The molecule has 0 bridgehead atoms. The molecule has 0 saturated carbocycles. The number of carbonyl (C=O) groups is 1. The van der Waals surface area contributed by atoms with Gasteiger partial charge in [0.25, 0.3) is 0 Å². The molecule has 5 heteroatoms. The van der Waals surface area contributed by atoms with Crippen LogP contribution in [-0.4, -0.2) is 5.91 Å². The zero-order valence-electron chi connectivity index (χ0n) is 10.1. The Morgan fingerprint density at radius 2 is 1.79 bits per heavy atom. The number of rotatable bonds is 2. The highest BCUT2D eigenvalue weighted by atomic mass is 32.1. The van der Waals surface area contributed by atoms with E-state index in [0.717, 1.165) is 6.07 Å². The third kappa shape index (κ3) is 2.93. The SMILES string of the molecule is CC(=O)Nc1cc(-c2ccccc2S)c(F)cc1F. The number of anilines is 1. The lowest BCUT2D eigenvalue weighted by Crippen LogP contribution is -2.08. The van der Waals surface area contributed by atoms with Gasteiger partial charge in [-0.1, -0.05) is 18.2 Å². The van der Waals surface area contributed by atoms with Crippen molar-refractivity contribution >= 4 is 24.2 Å². The minimum absolute atomic E-state index is 0.0551. The van der Waals surface area contributed by atoms with Gasteiger partial charge in [-0.3, -0.25) is 4.79 Å². The number of halogens is 2. The fourth-order valence-corrected chi connectivity index (χ4v) is 2.02. The molecule has 0 atom stereocenters. The fourth-order valence-electron chi connectivity index (χ4n) is 1.74. The summed E-state index contributed by atoms with van der Waals surface area (Å²) >= 11 is 4.24. The van der Waals surface area contributed by atoms with Crippen molar-refractivity contribution in [2.75, 3.05) is 5.32 Å². The van der Waals surface area contributed by atoms with Gasteiger partial charge < -0.3 is 5.32 Å². The Morgan fingerprint density at radius 3 is 2.42 bits per heavy atom. The van der Waals surface area contributed by atoms with Gasteiger partial charge >= 0.3 is 0 Å². The van der Waals surface area contributed by atoms with Crippen LogP contribution >= 0.6 is 12.6 Å². The summed E-state index contributed by atoms with van der Waals surface area (Å²) in [6.07, 6.45) is 0. The van der Waals surface area contributed by atoms with Gasteiger partial charge in [0, 0.05) is 23.4 Å². The number of benzene rings is 2. The highest BCUT2D eigenvalue weighted by Gasteiger charge is 2.13. The van der Waals surface area contributed by atoms with Crippen LogP contribution in [0.1, 0.15) is 6.92 Å². The van der Waals surface area contributed by atoms with Crippen LogP contribution < -0.4 is 5.32 Å². The van der Waals surface area contributed by atoms with Gasteiger partial charge in [-0.15, -0.1) is 12.6 Å². The number of carbonyl (C=O) groups excluding carboxylic acids is 1. The maximum Gasteiger partial charge on any atom is 0.221 e. The predicted octanol–water partition coefficient (Wildman–Crippen LogP) is 3.88. The molecule has 0 spiro atoms. The van der Waals surface area contributed by atoms with Crippen molar-refractivity contribution in [1.82, 2.24) is 0 Å². The lowest BCUT2D eigenvalue weighted by atomic mass is 10.0. The maximum atomic E-state index is 13.8. The highest BCUT2D eigenvalue weighted by Crippen LogP contribution is 2.32. The Hall–Kier alpha value is -1.88. The smallest absolute Gasteiger partial charge is 0.221 e. The van der Waals surface area contributed by atoms with Crippen LogP contribution in [0.25, 0.3) is 11.1 Å². The first-order valence-corrected chi connectivity index (χ1v) is 5.98. The standard InChI is InChI=1S/C14H11F2NOS/c1-8(18)17-13-6-10(11(15)7-12(13)16)9-4-2-3-5-14(9)19/h2-7,19H,1H3,(H,17,18). The van der Waals surface area contributed by atoms with Gasteiger partial charge in [0.15, 0.2) is 0 Å². The predicted molar refractivity (Wildman–Crippen MR) is 73.3 cm³/mol. The van der Waals surface area contributed by atoms with Crippen molar-refractivity contribution in [2.45, 2.75) is 11.8 Å². The number of amides is 1. The molecule has 2 rings (SSSR count). The second-order valence-electron chi connectivity index (χ2n) is 4.01. The van der Waals surface area contributed by atoms with Gasteiger partial charge in [-0.05, 0) is 17.7 Å². The minimum Gasteiger partial charge on any atom is -0.324 e. The van der Waals surface area contributed by atoms with Gasteiger partial charge in [0.1, 0.15) is 11.6 Å². The van der Waals surface area contributed by atoms with Crippen molar-refractivity contribution in [1.29, 1.82) is 0 Å². The summed E-state index contributed by atoms with van der Waals surface area (Å²) < 4.78 is 27.4. The lowest BCUT2D eigenvalue weighted by molar-refractivity contribution is -0.114. The number of thiol groups is 1. The van der Waals surface area contributed by atoms with E-state index < -0.39 is 17.5 Å². The fraction of sp³-hybridized carbons (Fsp3) is 0.0714. The molecule has 0 heterocycles. The van der Waals surface area contributed by atoms with Crippen LogP contribution in [0, 0.1) is 11.6 Å². The third-order valence-corrected chi connectivity index (χ3v) is 2.95. The second-order valence-corrected chi connectivity index (χ2v) is 4.49. The van der Waals surface area contributed by atoms with Crippen molar-refractivity contribution in [3.05, 3.63) is 48.0 Å². The van der Waals surface area contributed by atoms with E-state index in [-0.39, 0.29) is 11.3 Å². The Bertz CT molecular complexity index is 643. The largest absolute Gasteiger partial charge is 0.324 e. The molecule has 2 aromatic rings. The molecule has 0 unspecified atom stereocenters. The van der Waals surface area contributed by atoms with Crippen molar-refractivity contribution in [3.8, 4) is 11.1 Å². The summed E-state index contributed by atoms with van der Waals surface area (Å²) in [7, 11) is 0. The van der Waals surface area contributed by atoms with Crippen LogP contribution in [0.4, 0.5) is 14.5 Å². The molecule has 0 saturated heterocycles. The highest BCUT2D eigenvalue weighted by molar-refractivity contribution is 7.80. The van der Waals surface area contributed by atoms with Gasteiger partial charge in [0.2, 0.25) is 5.91 Å². The summed E-state index contributed by atoms with van der Waals surface area (Å²) in [5, 5.41) is 2.32. The summed E-state index contributed by atoms with van der Waals surface area (Å²) in [5.74, 6) is -1.93. The van der Waals surface area contributed by atoms with Crippen LogP contribution in [0.2, 0.25) is 0 Å². The maximum absolute atomic E-state index is 13.8. The summed E-state index contributed by atoms with van der Waals surface area (Å²) in [6.45, 7) is 1.26. The van der Waals surface area contributed by atoms with E-state index in [2.05, 4.69) is 17.9 Å². The van der Waals surface area contributed by atoms with Crippen molar-refractivity contribution in [3.63, 3.8) is 0 Å². The number of hydrogen-bond acceptors (Lipinski definition) is 2. The molecule has 0 radical (unpaired) electrons. The first-order valence-electron chi connectivity index (χ1n) is 5.54. The normalized spacial score (nSPS) is 10.3. The molecule has 2 aromatic carbocycles. The summed E-state index contributed by atoms with van der Waals surface area (Å²) in [4.78, 5) is 11.5. The van der Waals surface area contributed by atoms with Gasteiger partial charge in [0.05, 0.1) is 5.69 Å². The molecule has 98 valence electrons. The van der Waals surface area contributed by atoms with E-state index in [1.807, 2.05) is 0 Å². The average Bonchev–Trinajstić information content (AvgIpc) is 2.33. The number of nitrogens with one attached hydrogen (secondary N) is 1. The van der Waals surface area contributed by atoms with Crippen molar-refractivity contribution in [2.24, 2.45) is 0 Å². The van der Waals surface area contributed by atoms with Crippen LogP contribution in [0.3, 0.4) is 0 Å². The first kappa shape index (κ1) is 13.5. The quantitative estimate of drug-likeness (QED) is 0.803. The molecular formula is C14H11F2NOS. The van der Waals surface area contributed by atoms with E-state index in [9.17, 15) is 13.6 Å². The molecule has 2 nitrogen and oxygen atoms in total. The molecule has 0 fully saturated rings. The molecule has 1 N–H and O–H groups in total. The topological polar surface area (TPSA) is 29.1 Å². The Balaban J connectivity index is 2.58. The molecule has 0 aliphatic rings.